The van der Waals surface area contributed by atoms with E-state index in [-0.39, 0.29) is 12.4 Å². The van der Waals surface area contributed by atoms with Gasteiger partial charge in [-0.15, -0.1) is 11.3 Å². The van der Waals surface area contributed by atoms with Gasteiger partial charge in [-0.2, -0.15) is 5.26 Å². The van der Waals surface area contributed by atoms with Crippen LogP contribution >= 0.6 is 34.5 Å². The van der Waals surface area contributed by atoms with Gasteiger partial charge in [0.1, 0.15) is 11.8 Å². The van der Waals surface area contributed by atoms with Gasteiger partial charge in [0.15, 0.2) is 6.61 Å². The van der Waals surface area contributed by atoms with Crippen molar-refractivity contribution in [2.24, 2.45) is 0 Å². The summed E-state index contributed by atoms with van der Waals surface area (Å²) in [5.41, 5.74) is 0.366. The van der Waals surface area contributed by atoms with Crippen LogP contribution in [0.5, 0.6) is 5.75 Å². The minimum absolute atomic E-state index is 0.0981. The number of halogens is 2. The minimum Gasteiger partial charge on any atom is -0.485 e. The van der Waals surface area contributed by atoms with Crippen LogP contribution in [0.2, 0.25) is 9.36 Å². The van der Waals surface area contributed by atoms with Crippen molar-refractivity contribution in [3.63, 3.8) is 0 Å². The van der Waals surface area contributed by atoms with Gasteiger partial charge in [0, 0.05) is 6.07 Å². The molecule has 0 bridgehead atoms. The van der Waals surface area contributed by atoms with E-state index in [2.05, 4.69) is 0 Å². The number of thiophene rings is 1. The highest BCUT2D eigenvalue weighted by atomic mass is 35.5. The SMILES string of the molecule is N#Cc1ccc(OCC(=O)c2ccc(Cl)s2)cc1Cl. The molecule has 1 heterocycles. The molecule has 0 aliphatic rings. The van der Waals surface area contributed by atoms with Gasteiger partial charge in [-0.3, -0.25) is 4.79 Å². The fraction of sp³-hybridized carbons (Fsp3) is 0.0769. The van der Waals surface area contributed by atoms with Crippen LogP contribution in [-0.4, -0.2) is 12.4 Å². The van der Waals surface area contributed by atoms with Crippen LogP contribution in [0.4, 0.5) is 0 Å². The van der Waals surface area contributed by atoms with Crippen LogP contribution in [0, 0.1) is 11.3 Å². The summed E-state index contributed by atoms with van der Waals surface area (Å²) in [6.07, 6.45) is 0. The summed E-state index contributed by atoms with van der Waals surface area (Å²) in [6, 6.07) is 9.92. The summed E-state index contributed by atoms with van der Waals surface area (Å²) in [5.74, 6) is 0.289. The van der Waals surface area contributed by atoms with Gasteiger partial charge >= 0.3 is 0 Å². The molecular formula is C13H7Cl2NO2S. The lowest BCUT2D eigenvalue weighted by atomic mass is 10.2. The van der Waals surface area contributed by atoms with Crippen molar-refractivity contribution >= 4 is 40.3 Å². The lowest BCUT2D eigenvalue weighted by Crippen LogP contribution is -2.10. The molecule has 0 aliphatic carbocycles. The number of benzene rings is 1. The lowest BCUT2D eigenvalue weighted by molar-refractivity contribution is 0.0925. The first-order valence-corrected chi connectivity index (χ1v) is 6.78. The third-order valence-electron chi connectivity index (χ3n) is 2.28. The number of nitrogens with zero attached hydrogens (tertiary/aromatic N) is 1. The van der Waals surface area contributed by atoms with E-state index in [9.17, 15) is 4.79 Å². The first-order valence-electron chi connectivity index (χ1n) is 5.21. The molecule has 0 fully saturated rings. The zero-order valence-corrected chi connectivity index (χ0v) is 11.9. The molecule has 0 radical (unpaired) electrons. The maximum absolute atomic E-state index is 11.8. The number of hydrogen-bond donors (Lipinski definition) is 0. The number of carbonyl (C=O) groups excluding carboxylic acids is 1. The fourth-order valence-electron chi connectivity index (χ4n) is 1.36. The molecule has 96 valence electrons. The predicted octanol–water partition coefficient (Wildman–Crippen LogP) is 4.19. The molecule has 2 rings (SSSR count). The zero-order valence-electron chi connectivity index (χ0n) is 9.52. The summed E-state index contributed by atoms with van der Waals surface area (Å²) in [7, 11) is 0. The topological polar surface area (TPSA) is 50.1 Å². The summed E-state index contributed by atoms with van der Waals surface area (Å²) in [5, 5.41) is 9.04. The highest BCUT2D eigenvalue weighted by molar-refractivity contribution is 7.18. The molecule has 0 unspecified atom stereocenters. The highest BCUT2D eigenvalue weighted by Gasteiger charge is 2.10. The number of nitriles is 1. The summed E-state index contributed by atoms with van der Waals surface area (Å²) < 4.78 is 5.89. The van der Waals surface area contributed by atoms with Gasteiger partial charge in [0.05, 0.1) is 19.8 Å². The van der Waals surface area contributed by atoms with Crippen LogP contribution in [0.25, 0.3) is 0 Å². The molecule has 0 saturated carbocycles. The Hall–Kier alpha value is -1.54. The number of rotatable bonds is 4. The third-order valence-corrected chi connectivity index (χ3v) is 3.86. The van der Waals surface area contributed by atoms with Crippen LogP contribution in [0.15, 0.2) is 30.3 Å². The van der Waals surface area contributed by atoms with Gasteiger partial charge in [0.2, 0.25) is 5.78 Å². The predicted molar refractivity (Wildman–Crippen MR) is 75.3 cm³/mol. The molecule has 3 nitrogen and oxygen atoms in total. The molecule has 0 saturated heterocycles. The number of Topliss-reactive ketones (excluding diaryl/α,β-unsaturated/α-hetero) is 1. The van der Waals surface area contributed by atoms with Crippen molar-refractivity contribution < 1.29 is 9.53 Å². The minimum atomic E-state index is -0.155. The van der Waals surface area contributed by atoms with Crippen molar-refractivity contribution in [1.29, 1.82) is 5.26 Å². The molecule has 1 aromatic heterocycles. The summed E-state index contributed by atoms with van der Waals surface area (Å²) in [4.78, 5) is 12.3. The van der Waals surface area contributed by atoms with E-state index in [1.807, 2.05) is 6.07 Å². The Balaban J connectivity index is 2.01. The smallest absolute Gasteiger partial charge is 0.210 e. The number of carbonyl (C=O) groups is 1. The van der Waals surface area contributed by atoms with Crippen molar-refractivity contribution in [3.05, 3.63) is 50.1 Å². The maximum Gasteiger partial charge on any atom is 0.210 e. The average molecular weight is 312 g/mol. The van der Waals surface area contributed by atoms with Crippen LogP contribution < -0.4 is 4.74 Å². The van der Waals surface area contributed by atoms with Gasteiger partial charge in [-0.1, -0.05) is 23.2 Å². The molecule has 6 heteroatoms. The molecule has 19 heavy (non-hydrogen) atoms. The Morgan fingerprint density at radius 3 is 2.68 bits per heavy atom. The first kappa shape index (κ1) is 13.9. The second-order valence-electron chi connectivity index (χ2n) is 3.57. The standard InChI is InChI=1S/C13H7Cl2NO2S/c14-10-5-9(2-1-8(10)6-16)18-7-11(17)12-3-4-13(15)19-12/h1-5H,7H2. The Morgan fingerprint density at radius 1 is 1.32 bits per heavy atom. The van der Waals surface area contributed by atoms with Crippen molar-refractivity contribution in [2.45, 2.75) is 0 Å². The third kappa shape index (κ3) is 3.48. The van der Waals surface area contributed by atoms with Gasteiger partial charge in [-0.05, 0) is 24.3 Å². The normalized spacial score (nSPS) is 9.95. The summed E-state index contributed by atoms with van der Waals surface area (Å²) >= 11 is 12.8. The van der Waals surface area contributed by atoms with Gasteiger partial charge in [0.25, 0.3) is 0 Å². The lowest BCUT2D eigenvalue weighted by Gasteiger charge is -2.05. The maximum atomic E-state index is 11.8. The second-order valence-corrected chi connectivity index (χ2v) is 5.69. The average Bonchev–Trinajstić information content (AvgIpc) is 2.83. The zero-order chi connectivity index (χ0) is 13.8. The monoisotopic (exact) mass is 311 g/mol. The first-order chi connectivity index (χ1) is 9.10. The summed E-state index contributed by atoms with van der Waals surface area (Å²) in [6.45, 7) is -0.0981. The number of ether oxygens (including phenoxy) is 1. The van der Waals surface area contributed by atoms with E-state index in [0.717, 1.165) is 0 Å². The van der Waals surface area contributed by atoms with Crippen LogP contribution in [-0.2, 0) is 0 Å². The van der Waals surface area contributed by atoms with E-state index < -0.39 is 0 Å². The van der Waals surface area contributed by atoms with E-state index in [1.54, 1.807) is 24.3 Å². The molecule has 1 aromatic carbocycles. The Morgan fingerprint density at radius 2 is 2.11 bits per heavy atom. The van der Waals surface area contributed by atoms with E-state index in [4.69, 9.17) is 33.2 Å². The molecule has 0 amide bonds. The van der Waals surface area contributed by atoms with Gasteiger partial charge < -0.3 is 4.74 Å². The van der Waals surface area contributed by atoms with Gasteiger partial charge in [-0.25, -0.2) is 0 Å². The quantitative estimate of drug-likeness (QED) is 0.795. The van der Waals surface area contributed by atoms with Crippen LogP contribution in [0.3, 0.4) is 0 Å². The van der Waals surface area contributed by atoms with E-state index in [1.165, 1.54) is 17.4 Å². The highest BCUT2D eigenvalue weighted by Crippen LogP contribution is 2.24. The molecular weight excluding hydrogens is 305 g/mol. The van der Waals surface area contributed by atoms with E-state index in [0.29, 0.717) is 25.5 Å². The fourth-order valence-corrected chi connectivity index (χ4v) is 2.54. The van der Waals surface area contributed by atoms with Crippen molar-refractivity contribution in [1.82, 2.24) is 0 Å². The largest absolute Gasteiger partial charge is 0.485 e. The Kier molecular flexibility index (Phi) is 4.43. The molecule has 0 aliphatic heterocycles. The van der Waals surface area contributed by atoms with Crippen molar-refractivity contribution in [3.8, 4) is 11.8 Å². The van der Waals surface area contributed by atoms with Crippen LogP contribution in [0.1, 0.15) is 15.2 Å². The number of ketones is 1. The Bertz CT molecular complexity index is 661. The number of hydrogen-bond acceptors (Lipinski definition) is 4. The molecule has 0 atom stereocenters. The molecule has 0 N–H and O–H groups in total. The van der Waals surface area contributed by atoms with Crippen molar-refractivity contribution in [2.75, 3.05) is 6.61 Å². The second kappa shape index (κ2) is 6.07. The molecule has 0 spiro atoms. The Labute approximate surface area is 123 Å². The molecule has 2 aromatic rings. The van der Waals surface area contributed by atoms with E-state index >= 15 is 0 Å².